The molecule has 2 aliphatic heterocycles. The van der Waals surface area contributed by atoms with E-state index in [2.05, 4.69) is 0 Å². The van der Waals surface area contributed by atoms with Crippen LogP contribution in [0.15, 0.2) is 0 Å². The Kier molecular flexibility index (Phi) is 2.12. The number of hydrogen-bond acceptors (Lipinski definition) is 4. The molecule has 2 fully saturated rings. The highest BCUT2D eigenvalue weighted by Gasteiger charge is 2.67. The molecular weight excluding hydrogens is 204 g/mol. The van der Waals surface area contributed by atoms with Gasteiger partial charge in [0.05, 0.1) is 0 Å². The van der Waals surface area contributed by atoms with Gasteiger partial charge in [-0.1, -0.05) is 0 Å². The van der Waals surface area contributed by atoms with Crippen molar-refractivity contribution < 1.29 is 20.5 Å². The Bertz CT molecular complexity index is 280. The first kappa shape index (κ1) is 10.2. The molecule has 2 bridgehead atoms. The molecule has 0 spiro atoms. The summed E-state index contributed by atoms with van der Waals surface area (Å²) in [5, 5.41) is 25.4. The molecule has 8 nitrogen and oxygen atoms in total. The van der Waals surface area contributed by atoms with Crippen molar-refractivity contribution in [3.8, 4) is 0 Å². The maximum Gasteiger partial charge on any atom is 0.323 e. The van der Waals surface area contributed by atoms with Gasteiger partial charge in [-0.15, -0.1) is 0 Å². The smallest absolute Gasteiger partial charge is 0.323 e. The number of nitro groups is 2. The molecule has 0 radical (unpaired) electrons. The molecule has 2 heterocycles. The maximum absolute atomic E-state index is 11.0. The lowest BCUT2D eigenvalue weighted by atomic mass is 9.76. The Morgan fingerprint density at radius 3 is 1.47 bits per heavy atom. The molecule has 15 heavy (non-hydrogen) atoms. The molecular formula is C7H14N4O4+2. The zero-order chi connectivity index (χ0) is 11.1. The summed E-state index contributed by atoms with van der Waals surface area (Å²) in [6, 6.07) is 0. The number of fused-ring (bicyclic) bond motifs is 2. The summed E-state index contributed by atoms with van der Waals surface area (Å²) in [6.07, 6.45) is 0.0764. The second-order valence-electron chi connectivity index (χ2n) is 4.53. The molecule has 0 atom stereocenters. The first-order valence-corrected chi connectivity index (χ1v) is 4.93. The van der Waals surface area contributed by atoms with E-state index < -0.39 is 11.1 Å². The highest BCUT2D eigenvalue weighted by atomic mass is 16.6. The summed E-state index contributed by atoms with van der Waals surface area (Å²) >= 11 is 0. The van der Waals surface area contributed by atoms with E-state index in [-0.39, 0.29) is 16.3 Å². The minimum absolute atomic E-state index is 0.0764. The van der Waals surface area contributed by atoms with Crippen molar-refractivity contribution in [1.29, 1.82) is 0 Å². The highest BCUT2D eigenvalue weighted by molar-refractivity contribution is 4.95. The first-order valence-electron chi connectivity index (χ1n) is 4.93. The lowest BCUT2D eigenvalue weighted by Gasteiger charge is -2.37. The first-order chi connectivity index (χ1) is 7.01. The normalized spacial score (nSPS) is 39.7. The average Bonchev–Trinajstić information content (AvgIpc) is 2.17. The van der Waals surface area contributed by atoms with Gasteiger partial charge in [0.25, 0.3) is 0 Å². The molecule has 0 unspecified atom stereocenters. The largest absolute Gasteiger partial charge is 0.334 e. The van der Waals surface area contributed by atoms with Crippen LogP contribution in [0.25, 0.3) is 0 Å². The van der Waals surface area contributed by atoms with Gasteiger partial charge in [-0.3, -0.25) is 20.2 Å². The van der Waals surface area contributed by atoms with Crippen LogP contribution in [0.2, 0.25) is 0 Å². The van der Waals surface area contributed by atoms with Gasteiger partial charge >= 0.3 is 11.1 Å². The molecule has 0 aromatic rings. The number of hydrogen-bond donors (Lipinski definition) is 2. The van der Waals surface area contributed by atoms with Crippen molar-refractivity contribution in [3.05, 3.63) is 20.2 Å². The van der Waals surface area contributed by atoms with Gasteiger partial charge in [0, 0.05) is 9.85 Å². The Hall–Kier alpha value is -1.28. The number of nitrogens with two attached hydrogens (primary N) is 2. The fourth-order valence-corrected chi connectivity index (χ4v) is 2.71. The predicted molar refractivity (Wildman–Crippen MR) is 47.4 cm³/mol. The zero-order valence-electron chi connectivity index (χ0n) is 8.22. The van der Waals surface area contributed by atoms with Crippen LogP contribution in [-0.4, -0.2) is 47.1 Å². The minimum atomic E-state index is -1.11. The van der Waals surface area contributed by atoms with Crippen LogP contribution in [-0.2, 0) is 0 Å². The fourth-order valence-electron chi connectivity index (χ4n) is 2.71. The molecule has 0 aliphatic carbocycles. The summed E-state index contributed by atoms with van der Waals surface area (Å²) in [6.45, 7) is 1.41. The summed E-state index contributed by atoms with van der Waals surface area (Å²) in [4.78, 5) is 21.3. The average molecular weight is 218 g/mol. The van der Waals surface area contributed by atoms with E-state index in [4.69, 9.17) is 0 Å². The summed E-state index contributed by atoms with van der Waals surface area (Å²) in [7, 11) is 0. The van der Waals surface area contributed by atoms with E-state index in [0.717, 1.165) is 0 Å². The molecule has 2 saturated heterocycles. The Morgan fingerprint density at radius 2 is 1.20 bits per heavy atom. The van der Waals surface area contributed by atoms with E-state index in [9.17, 15) is 20.2 Å². The van der Waals surface area contributed by atoms with Crippen molar-refractivity contribution in [1.82, 2.24) is 0 Å². The van der Waals surface area contributed by atoms with Gasteiger partial charge in [0.1, 0.15) is 6.42 Å². The molecule has 0 saturated carbocycles. The summed E-state index contributed by atoms with van der Waals surface area (Å²) < 4.78 is 0. The van der Waals surface area contributed by atoms with Crippen LogP contribution >= 0.6 is 0 Å². The monoisotopic (exact) mass is 218 g/mol. The highest BCUT2D eigenvalue weighted by Crippen LogP contribution is 2.27. The second kappa shape index (κ2) is 3.11. The van der Waals surface area contributed by atoms with Crippen LogP contribution in [0.4, 0.5) is 0 Å². The number of rotatable bonds is 2. The predicted octanol–water partition coefficient (Wildman–Crippen LogP) is -3.44. The quantitative estimate of drug-likeness (QED) is 0.370. The molecule has 0 aromatic carbocycles. The van der Waals surface area contributed by atoms with E-state index >= 15 is 0 Å². The zero-order valence-corrected chi connectivity index (χ0v) is 8.22. The Morgan fingerprint density at radius 1 is 0.867 bits per heavy atom. The number of piperidine rings is 2. The van der Waals surface area contributed by atoms with Gasteiger partial charge < -0.3 is 10.6 Å². The number of quaternary nitrogens is 2. The van der Waals surface area contributed by atoms with Gasteiger partial charge in [0.15, 0.2) is 26.2 Å². The van der Waals surface area contributed by atoms with Gasteiger partial charge in [0.2, 0.25) is 0 Å². The van der Waals surface area contributed by atoms with Crippen LogP contribution in [0, 0.1) is 20.2 Å². The third kappa shape index (κ3) is 1.37. The molecule has 2 rings (SSSR count). The molecule has 8 heteroatoms. The van der Waals surface area contributed by atoms with Gasteiger partial charge in [-0.2, -0.15) is 0 Å². The third-order valence-corrected chi connectivity index (χ3v) is 3.53. The third-order valence-electron chi connectivity index (χ3n) is 3.53. The topological polar surface area (TPSA) is 120 Å². The molecule has 0 aromatic heterocycles. The van der Waals surface area contributed by atoms with Gasteiger partial charge in [-0.25, -0.2) is 0 Å². The van der Waals surface area contributed by atoms with Crippen molar-refractivity contribution >= 4 is 0 Å². The van der Waals surface area contributed by atoms with Crippen LogP contribution < -0.4 is 10.6 Å². The maximum atomic E-state index is 11.0. The Labute approximate surface area is 85.3 Å². The van der Waals surface area contributed by atoms with Crippen LogP contribution in [0.3, 0.4) is 0 Å². The minimum Gasteiger partial charge on any atom is -0.334 e. The van der Waals surface area contributed by atoms with E-state index in [1.807, 2.05) is 0 Å². The van der Waals surface area contributed by atoms with E-state index in [1.54, 1.807) is 10.6 Å². The van der Waals surface area contributed by atoms with Crippen LogP contribution in [0.1, 0.15) is 6.42 Å². The fraction of sp³-hybridized carbons (Fsp3) is 1.00. The van der Waals surface area contributed by atoms with Crippen molar-refractivity contribution in [3.63, 3.8) is 0 Å². The molecule has 0 amide bonds. The van der Waals surface area contributed by atoms with Crippen molar-refractivity contribution in [2.75, 3.05) is 26.2 Å². The number of nitrogens with zero attached hydrogens (tertiary/aromatic N) is 2. The Balaban J connectivity index is 2.32. The van der Waals surface area contributed by atoms with E-state index in [0.29, 0.717) is 26.2 Å². The molecule has 4 N–H and O–H groups in total. The lowest BCUT2D eigenvalue weighted by Crippen LogP contribution is -3.08. The van der Waals surface area contributed by atoms with Crippen LogP contribution in [0.5, 0.6) is 0 Å². The van der Waals surface area contributed by atoms with Gasteiger partial charge in [-0.05, 0) is 0 Å². The standard InChI is InChI=1S/C7H12N4O4/c12-10(13)6-1-7(11(14)15,4-8-2-6)5-9-3-6/h8-9H,1-5H2/p+2. The lowest BCUT2D eigenvalue weighted by molar-refractivity contribution is -0.842. The SMILES string of the molecule is O=[N+]([O-])C12C[NH2+]CC([N+](=O)[O-])(C[NH2+]C1)C2. The molecule has 2 aliphatic rings. The summed E-state index contributed by atoms with van der Waals surface area (Å²) in [5.41, 5.74) is -2.22. The summed E-state index contributed by atoms with van der Waals surface area (Å²) in [5.74, 6) is 0. The van der Waals surface area contributed by atoms with E-state index in [1.165, 1.54) is 0 Å². The van der Waals surface area contributed by atoms with Crippen molar-refractivity contribution in [2.24, 2.45) is 0 Å². The second-order valence-corrected chi connectivity index (χ2v) is 4.53. The molecule has 84 valence electrons. The van der Waals surface area contributed by atoms with Crippen molar-refractivity contribution in [2.45, 2.75) is 17.5 Å².